The van der Waals surface area contributed by atoms with Gasteiger partial charge in [0.25, 0.3) is 0 Å². The quantitative estimate of drug-likeness (QED) is 0.516. The highest BCUT2D eigenvalue weighted by Gasteiger charge is 2.22. The Morgan fingerprint density at radius 2 is 0.833 bits per heavy atom. The first-order chi connectivity index (χ1) is 14.2. The van der Waals surface area contributed by atoms with E-state index in [9.17, 15) is 9.59 Å². The van der Waals surface area contributed by atoms with E-state index >= 15 is 0 Å². The summed E-state index contributed by atoms with van der Waals surface area (Å²) in [6.45, 7) is 8.00. The molecule has 4 heteroatoms. The molecule has 0 aliphatic rings. The number of esters is 2. The van der Waals surface area contributed by atoms with Gasteiger partial charge in [0.15, 0.2) is 0 Å². The molecule has 0 amide bonds. The van der Waals surface area contributed by atoms with Crippen molar-refractivity contribution in [3.05, 3.63) is 81.9 Å². The van der Waals surface area contributed by atoms with E-state index in [0.29, 0.717) is 22.3 Å². The summed E-state index contributed by atoms with van der Waals surface area (Å²) >= 11 is 0. The second kappa shape index (κ2) is 8.54. The number of carbonyl (C=O) groups excluding carboxylic acids is 2. The maximum atomic E-state index is 12.7. The highest BCUT2D eigenvalue weighted by Crippen LogP contribution is 2.35. The van der Waals surface area contributed by atoms with Crippen molar-refractivity contribution in [3.63, 3.8) is 0 Å². The molecule has 0 heterocycles. The fraction of sp³-hybridized carbons (Fsp3) is 0.231. The zero-order valence-corrected chi connectivity index (χ0v) is 18.3. The third kappa shape index (κ3) is 4.28. The van der Waals surface area contributed by atoms with Crippen LogP contribution in [0, 0.1) is 27.7 Å². The number of hydrogen-bond acceptors (Lipinski definition) is 4. The standard InChI is InChI=1S/C26H26O4/c1-15-7-16(2)10-19(9-15)21-13-24(26(28)30-6)22(14-23(21)25(27)29-5)20-11-17(3)8-18(4)12-20/h7-14H,1-6H3. The molecule has 30 heavy (non-hydrogen) atoms. The number of ether oxygens (including phenoxy) is 2. The minimum atomic E-state index is -0.453. The van der Waals surface area contributed by atoms with Gasteiger partial charge in [0, 0.05) is 0 Å². The Morgan fingerprint density at radius 1 is 0.533 bits per heavy atom. The maximum absolute atomic E-state index is 12.7. The third-order valence-electron chi connectivity index (χ3n) is 5.03. The van der Waals surface area contributed by atoms with E-state index in [0.717, 1.165) is 33.4 Å². The summed E-state index contributed by atoms with van der Waals surface area (Å²) in [6.07, 6.45) is 0. The molecule has 0 spiro atoms. The van der Waals surface area contributed by atoms with Gasteiger partial charge in [-0.3, -0.25) is 0 Å². The number of aryl methyl sites for hydroxylation is 4. The molecular formula is C26H26O4. The van der Waals surface area contributed by atoms with Crippen molar-refractivity contribution in [1.29, 1.82) is 0 Å². The van der Waals surface area contributed by atoms with Gasteiger partial charge in [0.2, 0.25) is 0 Å². The molecule has 3 rings (SSSR count). The average molecular weight is 402 g/mol. The Labute approximate surface area is 177 Å². The smallest absolute Gasteiger partial charge is 0.338 e. The van der Waals surface area contributed by atoms with Gasteiger partial charge in [-0.25, -0.2) is 9.59 Å². The van der Waals surface area contributed by atoms with Crippen LogP contribution in [0.15, 0.2) is 48.5 Å². The maximum Gasteiger partial charge on any atom is 0.338 e. The van der Waals surface area contributed by atoms with Gasteiger partial charge in [-0.15, -0.1) is 0 Å². The van der Waals surface area contributed by atoms with E-state index in [1.807, 2.05) is 52.0 Å². The largest absolute Gasteiger partial charge is 0.465 e. The lowest BCUT2D eigenvalue weighted by Crippen LogP contribution is -2.10. The molecule has 0 radical (unpaired) electrons. The number of methoxy groups -OCH3 is 2. The first kappa shape index (κ1) is 21.3. The SMILES string of the molecule is COC(=O)c1cc(-c2cc(C)cc(C)c2)c(C(=O)OC)cc1-c1cc(C)cc(C)c1. The number of benzene rings is 3. The van der Waals surface area contributed by atoms with Crippen LogP contribution >= 0.6 is 0 Å². The molecule has 3 aromatic rings. The lowest BCUT2D eigenvalue weighted by molar-refractivity contribution is 0.0588. The summed E-state index contributed by atoms with van der Waals surface area (Å²) in [5.41, 5.74) is 8.07. The van der Waals surface area contributed by atoms with Crippen LogP contribution < -0.4 is 0 Å². The van der Waals surface area contributed by atoms with E-state index in [1.54, 1.807) is 12.1 Å². The molecule has 0 aliphatic carbocycles. The van der Waals surface area contributed by atoms with Gasteiger partial charge < -0.3 is 9.47 Å². The van der Waals surface area contributed by atoms with E-state index in [1.165, 1.54) is 14.2 Å². The van der Waals surface area contributed by atoms with E-state index in [4.69, 9.17) is 9.47 Å². The van der Waals surface area contributed by atoms with Crippen molar-refractivity contribution in [2.45, 2.75) is 27.7 Å². The highest BCUT2D eigenvalue weighted by atomic mass is 16.5. The summed E-state index contributed by atoms with van der Waals surface area (Å²) in [6, 6.07) is 15.6. The Hall–Kier alpha value is -3.40. The van der Waals surface area contributed by atoms with Crippen LogP contribution in [-0.4, -0.2) is 26.2 Å². The van der Waals surface area contributed by atoms with Crippen LogP contribution in [0.2, 0.25) is 0 Å². The molecule has 0 aromatic heterocycles. The third-order valence-corrected chi connectivity index (χ3v) is 5.03. The van der Waals surface area contributed by atoms with Crippen molar-refractivity contribution >= 4 is 11.9 Å². The van der Waals surface area contributed by atoms with Gasteiger partial charge in [0.1, 0.15) is 0 Å². The van der Waals surface area contributed by atoms with Crippen molar-refractivity contribution in [2.24, 2.45) is 0 Å². The minimum absolute atomic E-state index is 0.407. The van der Waals surface area contributed by atoms with Crippen molar-refractivity contribution in [3.8, 4) is 22.3 Å². The van der Waals surface area contributed by atoms with Crippen molar-refractivity contribution in [2.75, 3.05) is 14.2 Å². The van der Waals surface area contributed by atoms with Gasteiger partial charge >= 0.3 is 11.9 Å². The fourth-order valence-corrected chi connectivity index (χ4v) is 3.90. The Bertz CT molecular complexity index is 1010. The van der Waals surface area contributed by atoms with Gasteiger partial charge in [-0.05, 0) is 62.1 Å². The van der Waals surface area contributed by atoms with Gasteiger partial charge in [-0.1, -0.05) is 58.7 Å². The number of carbonyl (C=O) groups is 2. The molecule has 0 bridgehead atoms. The second-order valence-corrected chi connectivity index (χ2v) is 7.68. The minimum Gasteiger partial charge on any atom is -0.465 e. The van der Waals surface area contributed by atoms with Gasteiger partial charge in [-0.2, -0.15) is 0 Å². The first-order valence-electron chi connectivity index (χ1n) is 9.75. The summed E-state index contributed by atoms with van der Waals surface area (Å²) in [4.78, 5) is 25.4. The van der Waals surface area contributed by atoms with Crippen molar-refractivity contribution < 1.29 is 19.1 Å². The fourth-order valence-electron chi connectivity index (χ4n) is 3.90. The number of hydrogen-bond donors (Lipinski definition) is 0. The molecule has 0 atom stereocenters. The van der Waals surface area contributed by atoms with E-state index in [2.05, 4.69) is 12.1 Å². The van der Waals surface area contributed by atoms with Crippen LogP contribution in [0.4, 0.5) is 0 Å². The van der Waals surface area contributed by atoms with Gasteiger partial charge in [0.05, 0.1) is 25.3 Å². The lowest BCUT2D eigenvalue weighted by atomic mass is 9.89. The second-order valence-electron chi connectivity index (χ2n) is 7.68. The van der Waals surface area contributed by atoms with Crippen LogP contribution in [0.1, 0.15) is 43.0 Å². The first-order valence-corrected chi connectivity index (χ1v) is 9.75. The molecule has 3 aromatic carbocycles. The lowest BCUT2D eigenvalue weighted by Gasteiger charge is -2.16. The highest BCUT2D eigenvalue weighted by molar-refractivity contribution is 6.05. The summed E-state index contributed by atoms with van der Waals surface area (Å²) in [5.74, 6) is -0.905. The molecule has 154 valence electrons. The predicted molar refractivity (Wildman–Crippen MR) is 119 cm³/mol. The van der Waals surface area contributed by atoms with E-state index < -0.39 is 11.9 Å². The predicted octanol–water partition coefficient (Wildman–Crippen LogP) is 5.83. The zero-order valence-electron chi connectivity index (χ0n) is 18.3. The summed E-state index contributed by atoms with van der Waals surface area (Å²) < 4.78 is 10.1. The van der Waals surface area contributed by atoms with E-state index in [-0.39, 0.29) is 0 Å². The molecular weight excluding hydrogens is 376 g/mol. The average Bonchev–Trinajstić information content (AvgIpc) is 2.70. The summed E-state index contributed by atoms with van der Waals surface area (Å²) in [7, 11) is 2.72. The molecule has 0 fully saturated rings. The molecule has 4 nitrogen and oxygen atoms in total. The zero-order chi connectivity index (χ0) is 22.0. The van der Waals surface area contributed by atoms with Crippen LogP contribution in [-0.2, 0) is 9.47 Å². The van der Waals surface area contributed by atoms with Crippen LogP contribution in [0.3, 0.4) is 0 Å². The number of rotatable bonds is 4. The summed E-state index contributed by atoms with van der Waals surface area (Å²) in [5, 5.41) is 0. The molecule has 0 aliphatic heterocycles. The molecule has 0 N–H and O–H groups in total. The topological polar surface area (TPSA) is 52.6 Å². The molecule has 0 saturated heterocycles. The Balaban J connectivity index is 2.39. The van der Waals surface area contributed by atoms with Crippen LogP contribution in [0.5, 0.6) is 0 Å². The monoisotopic (exact) mass is 402 g/mol. The normalized spacial score (nSPS) is 10.6. The van der Waals surface area contributed by atoms with Crippen molar-refractivity contribution in [1.82, 2.24) is 0 Å². The molecule has 0 unspecified atom stereocenters. The Morgan fingerprint density at radius 3 is 1.10 bits per heavy atom. The Kier molecular flexibility index (Phi) is 6.06. The van der Waals surface area contributed by atoms with Crippen LogP contribution in [0.25, 0.3) is 22.3 Å². The molecule has 0 saturated carbocycles.